The van der Waals surface area contributed by atoms with Crippen LogP contribution in [0.5, 0.6) is 0 Å². The summed E-state index contributed by atoms with van der Waals surface area (Å²) in [6.45, 7) is 3.09. The highest BCUT2D eigenvalue weighted by atomic mass is 32.2. The maximum atomic E-state index is 4.23. The molecule has 0 amide bonds. The van der Waals surface area contributed by atoms with Gasteiger partial charge in [0.1, 0.15) is 0 Å². The summed E-state index contributed by atoms with van der Waals surface area (Å²) in [5.74, 6) is 1.15. The van der Waals surface area contributed by atoms with Crippen molar-refractivity contribution in [1.29, 1.82) is 0 Å². The van der Waals surface area contributed by atoms with Crippen molar-refractivity contribution < 1.29 is 0 Å². The molecular formula is C8H10N2S. The largest absolute Gasteiger partial charge is 0.383 e. The lowest BCUT2D eigenvalue weighted by Crippen LogP contribution is -2.10. The molecule has 1 aliphatic heterocycles. The van der Waals surface area contributed by atoms with Crippen LogP contribution in [0.1, 0.15) is 5.69 Å². The number of fused-ring (bicyclic) bond motifs is 1. The van der Waals surface area contributed by atoms with Crippen LogP contribution in [0.4, 0.5) is 5.69 Å². The molecule has 0 spiro atoms. The van der Waals surface area contributed by atoms with Crippen molar-refractivity contribution in [2.75, 3.05) is 17.6 Å². The number of pyridine rings is 1. The quantitative estimate of drug-likeness (QED) is 0.637. The first-order valence-corrected chi connectivity index (χ1v) is 4.68. The molecular weight excluding hydrogens is 156 g/mol. The maximum Gasteiger partial charge on any atom is 0.0512 e. The minimum absolute atomic E-state index is 1.07. The van der Waals surface area contributed by atoms with Crippen LogP contribution in [0.2, 0.25) is 0 Å². The second-order valence-electron chi connectivity index (χ2n) is 2.60. The van der Waals surface area contributed by atoms with Gasteiger partial charge in [-0.05, 0) is 13.0 Å². The highest BCUT2D eigenvalue weighted by Crippen LogP contribution is 2.29. The third kappa shape index (κ3) is 1.33. The van der Waals surface area contributed by atoms with Crippen LogP contribution in [0.15, 0.2) is 17.2 Å². The maximum absolute atomic E-state index is 4.23. The van der Waals surface area contributed by atoms with E-state index < -0.39 is 0 Å². The standard InChI is InChI=1S/C8H10N2S/c1-6-4-7-8(5-10-6)11-3-2-9-7/h4-5,9H,2-3H2,1H3. The number of aromatic nitrogens is 1. The van der Waals surface area contributed by atoms with Gasteiger partial charge in [0.05, 0.1) is 5.69 Å². The van der Waals surface area contributed by atoms with Crippen molar-refractivity contribution in [3.63, 3.8) is 0 Å². The van der Waals surface area contributed by atoms with E-state index >= 15 is 0 Å². The molecule has 0 atom stereocenters. The zero-order chi connectivity index (χ0) is 7.68. The molecule has 0 bridgehead atoms. The van der Waals surface area contributed by atoms with Crippen molar-refractivity contribution in [1.82, 2.24) is 4.98 Å². The number of hydrogen-bond donors (Lipinski definition) is 1. The summed E-state index contributed by atoms with van der Waals surface area (Å²) in [6.07, 6.45) is 1.95. The van der Waals surface area contributed by atoms with E-state index in [0.717, 1.165) is 18.0 Å². The van der Waals surface area contributed by atoms with Gasteiger partial charge in [0.25, 0.3) is 0 Å². The Bertz CT molecular complexity index is 273. The van der Waals surface area contributed by atoms with E-state index in [4.69, 9.17) is 0 Å². The monoisotopic (exact) mass is 166 g/mol. The van der Waals surface area contributed by atoms with Gasteiger partial charge in [-0.2, -0.15) is 0 Å². The molecule has 1 aliphatic rings. The zero-order valence-electron chi connectivity index (χ0n) is 6.42. The van der Waals surface area contributed by atoms with Crippen LogP contribution in [-0.2, 0) is 0 Å². The first kappa shape index (κ1) is 6.98. The molecule has 0 radical (unpaired) electrons. The molecule has 0 aromatic carbocycles. The Kier molecular flexibility index (Phi) is 1.74. The van der Waals surface area contributed by atoms with Crippen LogP contribution in [0, 0.1) is 6.92 Å². The van der Waals surface area contributed by atoms with Gasteiger partial charge < -0.3 is 5.32 Å². The lowest BCUT2D eigenvalue weighted by molar-refractivity contribution is 1.09. The molecule has 1 aromatic rings. The molecule has 2 rings (SSSR count). The van der Waals surface area contributed by atoms with Crippen LogP contribution >= 0.6 is 11.8 Å². The second kappa shape index (κ2) is 2.74. The van der Waals surface area contributed by atoms with Gasteiger partial charge in [0, 0.05) is 29.1 Å². The first-order chi connectivity index (χ1) is 5.36. The van der Waals surface area contributed by atoms with Gasteiger partial charge in [-0.3, -0.25) is 4.98 Å². The van der Waals surface area contributed by atoms with Crippen LogP contribution in [0.3, 0.4) is 0 Å². The molecule has 2 nitrogen and oxygen atoms in total. The Morgan fingerprint density at radius 1 is 1.64 bits per heavy atom. The van der Waals surface area contributed by atoms with E-state index in [9.17, 15) is 0 Å². The van der Waals surface area contributed by atoms with Crippen molar-refractivity contribution in [2.45, 2.75) is 11.8 Å². The molecule has 2 heterocycles. The van der Waals surface area contributed by atoms with Crippen LogP contribution in [-0.4, -0.2) is 17.3 Å². The fraction of sp³-hybridized carbons (Fsp3) is 0.375. The summed E-state index contributed by atoms with van der Waals surface area (Å²) in [5, 5.41) is 3.34. The molecule has 58 valence electrons. The SMILES string of the molecule is Cc1cc2c(cn1)SCCN2. The number of thioether (sulfide) groups is 1. The molecule has 0 aliphatic carbocycles. The Labute approximate surface area is 70.4 Å². The summed E-state index contributed by atoms with van der Waals surface area (Å²) < 4.78 is 0. The highest BCUT2D eigenvalue weighted by molar-refractivity contribution is 7.99. The van der Waals surface area contributed by atoms with Crippen molar-refractivity contribution in [2.24, 2.45) is 0 Å². The third-order valence-corrected chi connectivity index (χ3v) is 2.72. The summed E-state index contributed by atoms with van der Waals surface area (Å²) in [6, 6.07) is 2.10. The van der Waals surface area contributed by atoms with E-state index in [1.54, 1.807) is 0 Å². The molecule has 1 aromatic heterocycles. The Morgan fingerprint density at radius 2 is 2.55 bits per heavy atom. The summed E-state index contributed by atoms with van der Waals surface area (Å²) in [5.41, 5.74) is 2.33. The average molecular weight is 166 g/mol. The summed E-state index contributed by atoms with van der Waals surface area (Å²) >= 11 is 1.87. The lowest BCUT2D eigenvalue weighted by Gasteiger charge is -2.16. The fourth-order valence-electron chi connectivity index (χ4n) is 1.15. The van der Waals surface area contributed by atoms with E-state index in [1.807, 2.05) is 24.9 Å². The van der Waals surface area contributed by atoms with Crippen LogP contribution < -0.4 is 5.32 Å². The Balaban J connectivity index is 2.43. The lowest BCUT2D eigenvalue weighted by atomic mass is 10.3. The van der Waals surface area contributed by atoms with Gasteiger partial charge >= 0.3 is 0 Å². The van der Waals surface area contributed by atoms with E-state index in [0.29, 0.717) is 0 Å². The number of aryl methyl sites for hydroxylation is 1. The molecule has 3 heteroatoms. The van der Waals surface area contributed by atoms with Crippen molar-refractivity contribution >= 4 is 17.4 Å². The van der Waals surface area contributed by atoms with Gasteiger partial charge in [-0.25, -0.2) is 0 Å². The van der Waals surface area contributed by atoms with Gasteiger partial charge in [0.2, 0.25) is 0 Å². The number of anilines is 1. The predicted molar refractivity (Wildman–Crippen MR) is 48.2 cm³/mol. The van der Waals surface area contributed by atoms with Crippen molar-refractivity contribution in [3.8, 4) is 0 Å². The minimum Gasteiger partial charge on any atom is -0.383 e. The summed E-state index contributed by atoms with van der Waals surface area (Å²) in [4.78, 5) is 5.51. The number of hydrogen-bond acceptors (Lipinski definition) is 3. The summed E-state index contributed by atoms with van der Waals surface area (Å²) in [7, 11) is 0. The molecule has 11 heavy (non-hydrogen) atoms. The topological polar surface area (TPSA) is 24.9 Å². The second-order valence-corrected chi connectivity index (χ2v) is 3.73. The minimum atomic E-state index is 1.07. The average Bonchev–Trinajstić information content (AvgIpc) is 2.04. The Morgan fingerprint density at radius 3 is 3.45 bits per heavy atom. The zero-order valence-corrected chi connectivity index (χ0v) is 7.24. The molecule has 0 saturated heterocycles. The molecule has 0 saturated carbocycles. The van der Waals surface area contributed by atoms with Gasteiger partial charge in [-0.1, -0.05) is 0 Å². The van der Waals surface area contributed by atoms with Crippen LogP contribution in [0.25, 0.3) is 0 Å². The third-order valence-electron chi connectivity index (χ3n) is 1.68. The number of rotatable bonds is 0. The van der Waals surface area contributed by atoms with E-state index in [1.165, 1.54) is 10.6 Å². The smallest absolute Gasteiger partial charge is 0.0512 e. The molecule has 0 fully saturated rings. The van der Waals surface area contributed by atoms with Crippen molar-refractivity contribution in [3.05, 3.63) is 18.0 Å². The number of nitrogens with one attached hydrogen (secondary N) is 1. The first-order valence-electron chi connectivity index (χ1n) is 3.69. The molecule has 0 unspecified atom stereocenters. The van der Waals surface area contributed by atoms with Gasteiger partial charge in [0.15, 0.2) is 0 Å². The number of nitrogens with zero attached hydrogens (tertiary/aromatic N) is 1. The van der Waals surface area contributed by atoms with E-state index in [-0.39, 0.29) is 0 Å². The van der Waals surface area contributed by atoms with Gasteiger partial charge in [-0.15, -0.1) is 11.8 Å². The fourth-order valence-corrected chi connectivity index (χ4v) is 1.98. The normalized spacial score (nSPS) is 15.4. The Hall–Kier alpha value is -0.700. The predicted octanol–water partition coefficient (Wildman–Crippen LogP) is 1.91. The van der Waals surface area contributed by atoms with E-state index in [2.05, 4.69) is 16.4 Å². The highest BCUT2D eigenvalue weighted by Gasteiger charge is 2.08. The molecule has 1 N–H and O–H groups in total.